The van der Waals surface area contributed by atoms with Gasteiger partial charge in [0.15, 0.2) is 0 Å². The number of piperazine rings is 1. The van der Waals surface area contributed by atoms with Crippen LogP contribution < -0.4 is 10.2 Å². The van der Waals surface area contributed by atoms with Crippen LogP contribution >= 0.6 is 11.6 Å². The molecule has 2 aliphatic rings. The highest BCUT2D eigenvalue weighted by Gasteiger charge is 2.31. The van der Waals surface area contributed by atoms with E-state index >= 15 is 0 Å². The Kier molecular flexibility index (Phi) is 4.20. The Balaban J connectivity index is 1.54. The first-order valence-corrected chi connectivity index (χ1v) is 8.00. The summed E-state index contributed by atoms with van der Waals surface area (Å²) in [5.41, 5.74) is 1.58. The lowest BCUT2D eigenvalue weighted by Crippen LogP contribution is -2.54. The van der Waals surface area contributed by atoms with Gasteiger partial charge in [-0.25, -0.2) is 0 Å². The van der Waals surface area contributed by atoms with Gasteiger partial charge in [0, 0.05) is 49.0 Å². The normalized spacial score (nSPS) is 28.0. The lowest BCUT2D eigenvalue weighted by Gasteiger charge is -2.40. The SMILES string of the molecule is CC1(CN2CCN(c3cccc(Cl)c3)CC2)CCCN1. The summed E-state index contributed by atoms with van der Waals surface area (Å²) in [5.74, 6) is 0. The molecule has 2 heterocycles. The molecule has 3 nitrogen and oxygen atoms in total. The lowest BCUT2D eigenvalue weighted by atomic mass is 9.99. The number of benzene rings is 1. The van der Waals surface area contributed by atoms with Gasteiger partial charge in [0.05, 0.1) is 0 Å². The molecule has 4 heteroatoms. The molecule has 0 spiro atoms. The van der Waals surface area contributed by atoms with Crippen molar-refractivity contribution in [3.05, 3.63) is 29.3 Å². The number of hydrogen-bond acceptors (Lipinski definition) is 3. The van der Waals surface area contributed by atoms with Crippen LogP contribution in [0.5, 0.6) is 0 Å². The molecule has 1 atom stereocenters. The molecule has 0 radical (unpaired) electrons. The molecule has 0 aromatic heterocycles. The maximum Gasteiger partial charge on any atom is 0.0426 e. The van der Waals surface area contributed by atoms with E-state index in [0.29, 0.717) is 5.54 Å². The van der Waals surface area contributed by atoms with Crippen LogP contribution in [-0.2, 0) is 0 Å². The molecule has 2 fully saturated rings. The Morgan fingerprint density at radius 2 is 2.05 bits per heavy atom. The van der Waals surface area contributed by atoms with E-state index in [1.165, 1.54) is 31.6 Å². The van der Waals surface area contributed by atoms with Gasteiger partial charge in [-0.2, -0.15) is 0 Å². The van der Waals surface area contributed by atoms with Crippen molar-refractivity contribution >= 4 is 17.3 Å². The van der Waals surface area contributed by atoms with Crippen LogP contribution in [0.3, 0.4) is 0 Å². The van der Waals surface area contributed by atoms with Crippen LogP contribution in [0.25, 0.3) is 0 Å². The third-order valence-corrected chi connectivity index (χ3v) is 4.81. The lowest BCUT2D eigenvalue weighted by molar-refractivity contribution is 0.194. The first kappa shape index (κ1) is 14.2. The van der Waals surface area contributed by atoms with Crippen molar-refractivity contribution in [3.63, 3.8) is 0 Å². The number of nitrogens with one attached hydrogen (secondary N) is 1. The van der Waals surface area contributed by atoms with Crippen molar-refractivity contribution in [3.8, 4) is 0 Å². The van der Waals surface area contributed by atoms with E-state index in [2.05, 4.69) is 34.2 Å². The maximum absolute atomic E-state index is 6.08. The molecule has 1 N–H and O–H groups in total. The second-order valence-electron chi connectivity index (χ2n) is 6.33. The number of nitrogens with zero attached hydrogens (tertiary/aromatic N) is 2. The number of rotatable bonds is 3. The van der Waals surface area contributed by atoms with E-state index < -0.39 is 0 Å². The van der Waals surface area contributed by atoms with E-state index in [-0.39, 0.29) is 0 Å². The van der Waals surface area contributed by atoms with Gasteiger partial charge >= 0.3 is 0 Å². The molecule has 3 rings (SSSR count). The quantitative estimate of drug-likeness (QED) is 0.924. The highest BCUT2D eigenvalue weighted by atomic mass is 35.5. The van der Waals surface area contributed by atoms with Crippen molar-refractivity contribution in [1.82, 2.24) is 10.2 Å². The van der Waals surface area contributed by atoms with Gasteiger partial charge in [-0.1, -0.05) is 17.7 Å². The minimum Gasteiger partial charge on any atom is -0.369 e. The van der Waals surface area contributed by atoms with Crippen molar-refractivity contribution in [2.75, 3.05) is 44.2 Å². The fourth-order valence-corrected chi connectivity index (χ4v) is 3.61. The maximum atomic E-state index is 6.08. The third kappa shape index (κ3) is 3.27. The van der Waals surface area contributed by atoms with E-state index in [9.17, 15) is 0 Å². The molecule has 0 bridgehead atoms. The van der Waals surface area contributed by atoms with E-state index in [1.807, 2.05) is 12.1 Å². The fourth-order valence-electron chi connectivity index (χ4n) is 3.42. The van der Waals surface area contributed by atoms with Crippen LogP contribution in [0.4, 0.5) is 5.69 Å². The Labute approximate surface area is 126 Å². The summed E-state index contributed by atoms with van der Waals surface area (Å²) >= 11 is 6.08. The molecule has 1 aromatic rings. The second kappa shape index (κ2) is 5.92. The van der Waals surface area contributed by atoms with Crippen molar-refractivity contribution < 1.29 is 0 Å². The highest BCUT2D eigenvalue weighted by molar-refractivity contribution is 6.30. The molecule has 0 saturated carbocycles. The minimum absolute atomic E-state index is 0.332. The van der Waals surface area contributed by atoms with Crippen LogP contribution in [0.1, 0.15) is 19.8 Å². The van der Waals surface area contributed by atoms with Crippen molar-refractivity contribution in [1.29, 1.82) is 0 Å². The van der Waals surface area contributed by atoms with Crippen LogP contribution in [0, 0.1) is 0 Å². The predicted molar refractivity (Wildman–Crippen MR) is 85.7 cm³/mol. The summed E-state index contributed by atoms with van der Waals surface area (Å²) in [6, 6.07) is 8.19. The summed E-state index contributed by atoms with van der Waals surface area (Å²) < 4.78 is 0. The molecule has 0 amide bonds. The number of halogens is 1. The van der Waals surface area contributed by atoms with Crippen LogP contribution in [0.2, 0.25) is 5.02 Å². The Morgan fingerprint density at radius 1 is 1.25 bits per heavy atom. The van der Waals surface area contributed by atoms with Crippen LogP contribution in [0.15, 0.2) is 24.3 Å². The van der Waals surface area contributed by atoms with Crippen molar-refractivity contribution in [2.24, 2.45) is 0 Å². The van der Waals surface area contributed by atoms with E-state index in [4.69, 9.17) is 11.6 Å². The zero-order chi connectivity index (χ0) is 14.0. The topological polar surface area (TPSA) is 18.5 Å². The van der Waals surface area contributed by atoms with Gasteiger partial charge in [0.2, 0.25) is 0 Å². The molecule has 1 unspecified atom stereocenters. The summed E-state index contributed by atoms with van der Waals surface area (Å²) in [7, 11) is 0. The predicted octanol–water partition coefficient (Wildman–Crippen LogP) is 2.60. The molecule has 1 aromatic carbocycles. The van der Waals surface area contributed by atoms with Gasteiger partial charge in [0.25, 0.3) is 0 Å². The summed E-state index contributed by atoms with van der Waals surface area (Å²) in [5, 5.41) is 4.48. The zero-order valence-corrected chi connectivity index (χ0v) is 13.0. The van der Waals surface area contributed by atoms with Gasteiger partial charge in [-0.15, -0.1) is 0 Å². The van der Waals surface area contributed by atoms with Gasteiger partial charge in [-0.3, -0.25) is 4.90 Å². The average molecular weight is 294 g/mol. The Bertz CT molecular complexity index is 449. The molecule has 20 heavy (non-hydrogen) atoms. The Hall–Kier alpha value is -0.770. The van der Waals surface area contributed by atoms with E-state index in [1.54, 1.807) is 0 Å². The fraction of sp³-hybridized carbons (Fsp3) is 0.625. The molecular formula is C16H24ClN3. The Morgan fingerprint density at radius 3 is 2.70 bits per heavy atom. The summed E-state index contributed by atoms with van der Waals surface area (Å²) in [6.45, 7) is 9.19. The zero-order valence-electron chi connectivity index (χ0n) is 12.2. The largest absolute Gasteiger partial charge is 0.369 e. The third-order valence-electron chi connectivity index (χ3n) is 4.58. The van der Waals surface area contributed by atoms with E-state index in [0.717, 1.165) is 31.2 Å². The molecule has 110 valence electrons. The first-order valence-electron chi connectivity index (χ1n) is 7.63. The first-order chi connectivity index (χ1) is 9.65. The summed E-state index contributed by atoms with van der Waals surface area (Å²) in [4.78, 5) is 5.03. The van der Waals surface area contributed by atoms with Crippen molar-refractivity contribution in [2.45, 2.75) is 25.3 Å². The second-order valence-corrected chi connectivity index (χ2v) is 6.77. The standard InChI is InChI=1S/C16H24ClN3/c1-16(6-3-7-18-16)13-19-8-10-20(11-9-19)15-5-2-4-14(17)12-15/h2,4-5,12,18H,3,6-11,13H2,1H3. The number of anilines is 1. The van der Waals surface area contributed by atoms with Gasteiger partial charge in [0.1, 0.15) is 0 Å². The summed E-state index contributed by atoms with van der Waals surface area (Å²) in [6.07, 6.45) is 2.63. The molecular weight excluding hydrogens is 270 g/mol. The molecule has 0 aliphatic carbocycles. The number of hydrogen-bond donors (Lipinski definition) is 1. The highest BCUT2D eigenvalue weighted by Crippen LogP contribution is 2.23. The monoisotopic (exact) mass is 293 g/mol. The smallest absolute Gasteiger partial charge is 0.0426 e. The van der Waals surface area contributed by atoms with Gasteiger partial charge < -0.3 is 10.2 Å². The molecule has 2 aliphatic heterocycles. The molecule has 2 saturated heterocycles. The average Bonchev–Trinajstić information content (AvgIpc) is 2.86. The minimum atomic E-state index is 0.332. The van der Waals surface area contributed by atoms with Gasteiger partial charge in [-0.05, 0) is 44.5 Å². The van der Waals surface area contributed by atoms with Crippen LogP contribution in [-0.4, -0.2) is 49.7 Å².